The highest BCUT2D eigenvalue weighted by atomic mass is 32.2. The maximum atomic E-state index is 13.6. The summed E-state index contributed by atoms with van der Waals surface area (Å²) in [4.78, 5) is 68.3. The summed E-state index contributed by atoms with van der Waals surface area (Å²) in [6.45, 7) is 7.93. The van der Waals surface area contributed by atoms with E-state index in [-0.39, 0.29) is 23.9 Å². The van der Waals surface area contributed by atoms with Crippen molar-refractivity contribution in [2.24, 2.45) is 0 Å². The van der Waals surface area contributed by atoms with Gasteiger partial charge < -0.3 is 30.3 Å². The van der Waals surface area contributed by atoms with Crippen LogP contribution < -0.4 is 16.0 Å². The zero-order valence-electron chi connectivity index (χ0n) is 29.5. The van der Waals surface area contributed by atoms with Crippen LogP contribution in [0.2, 0.25) is 0 Å². The van der Waals surface area contributed by atoms with Crippen LogP contribution in [0.15, 0.2) is 89.5 Å². The zero-order chi connectivity index (χ0) is 37.4. The van der Waals surface area contributed by atoms with Gasteiger partial charge >= 0.3 is 12.1 Å². The van der Waals surface area contributed by atoms with E-state index in [0.29, 0.717) is 39.7 Å². The molecule has 1 aliphatic rings. The predicted octanol–water partition coefficient (Wildman–Crippen LogP) is 7.28. The number of nitrogens with zero attached hydrogens (tertiary/aromatic N) is 1. The van der Waals surface area contributed by atoms with Gasteiger partial charge in [0.2, 0.25) is 5.91 Å². The van der Waals surface area contributed by atoms with Gasteiger partial charge in [0.05, 0.1) is 25.0 Å². The van der Waals surface area contributed by atoms with Gasteiger partial charge in [0, 0.05) is 27.6 Å². The molecule has 1 aromatic heterocycles. The number of ether oxygens (including phenoxy) is 2. The maximum Gasteiger partial charge on any atom is 0.410 e. The number of methoxy groups -OCH3 is 1. The third-order valence-corrected chi connectivity index (χ3v) is 9.96. The Morgan fingerprint density at radius 2 is 1.67 bits per heavy atom. The quantitative estimate of drug-likeness (QED) is 0.0875. The molecule has 0 bridgehead atoms. The SMILES string of the molecule is COC(=O)c1c(NC(=O)CSc2cccc(NC(=O)/C(=C/c3ccccc3C)NC(=O)c3ccccc3)c2)sc2c1CCN(C(=O)OC(C)(C)C)C2. The molecule has 5 rings (SSSR count). The Hall–Kier alpha value is -5.40. The van der Waals surface area contributed by atoms with Crippen molar-refractivity contribution in [1.82, 2.24) is 10.2 Å². The van der Waals surface area contributed by atoms with Gasteiger partial charge in [-0.15, -0.1) is 23.1 Å². The van der Waals surface area contributed by atoms with Crippen molar-refractivity contribution < 1.29 is 33.4 Å². The molecular formula is C39H40N4O7S2. The van der Waals surface area contributed by atoms with Gasteiger partial charge in [0.1, 0.15) is 16.3 Å². The van der Waals surface area contributed by atoms with E-state index in [4.69, 9.17) is 9.47 Å². The van der Waals surface area contributed by atoms with Crippen molar-refractivity contribution >= 4 is 69.6 Å². The molecule has 11 nitrogen and oxygen atoms in total. The minimum Gasteiger partial charge on any atom is -0.465 e. The molecule has 0 saturated carbocycles. The summed E-state index contributed by atoms with van der Waals surface area (Å²) < 4.78 is 10.6. The van der Waals surface area contributed by atoms with Crippen molar-refractivity contribution in [3.8, 4) is 0 Å². The molecule has 0 saturated heterocycles. The molecule has 270 valence electrons. The van der Waals surface area contributed by atoms with E-state index < -0.39 is 29.5 Å². The van der Waals surface area contributed by atoms with E-state index in [9.17, 15) is 24.0 Å². The van der Waals surface area contributed by atoms with Gasteiger partial charge in [0.15, 0.2) is 0 Å². The van der Waals surface area contributed by atoms with E-state index in [1.807, 2.05) is 37.3 Å². The lowest BCUT2D eigenvalue weighted by molar-refractivity contribution is -0.114. The van der Waals surface area contributed by atoms with Gasteiger partial charge in [-0.1, -0.05) is 48.5 Å². The highest BCUT2D eigenvalue weighted by Gasteiger charge is 2.32. The molecular weight excluding hydrogens is 701 g/mol. The molecule has 0 spiro atoms. The molecule has 2 heterocycles. The van der Waals surface area contributed by atoms with E-state index in [0.717, 1.165) is 21.6 Å². The number of thiophene rings is 1. The third-order valence-electron chi connectivity index (χ3n) is 7.83. The van der Waals surface area contributed by atoms with Gasteiger partial charge in [0.25, 0.3) is 11.8 Å². The Morgan fingerprint density at radius 3 is 2.38 bits per heavy atom. The van der Waals surface area contributed by atoms with E-state index in [1.54, 1.807) is 80.3 Å². The highest BCUT2D eigenvalue weighted by Crippen LogP contribution is 2.38. The fourth-order valence-corrected chi connectivity index (χ4v) is 7.33. The number of rotatable bonds is 10. The van der Waals surface area contributed by atoms with Gasteiger partial charge in [-0.2, -0.15) is 0 Å². The summed E-state index contributed by atoms with van der Waals surface area (Å²) >= 11 is 2.48. The van der Waals surface area contributed by atoms with Crippen molar-refractivity contribution in [2.45, 2.75) is 51.2 Å². The molecule has 3 aromatic carbocycles. The first-order valence-electron chi connectivity index (χ1n) is 16.5. The van der Waals surface area contributed by atoms with Crippen LogP contribution in [-0.2, 0) is 32.0 Å². The molecule has 4 amide bonds. The van der Waals surface area contributed by atoms with Gasteiger partial charge in [-0.3, -0.25) is 14.4 Å². The number of anilines is 2. The first kappa shape index (κ1) is 37.8. The van der Waals surface area contributed by atoms with Gasteiger partial charge in [-0.25, -0.2) is 9.59 Å². The lowest BCUT2D eigenvalue weighted by Gasteiger charge is -2.30. The number of hydrogen-bond acceptors (Lipinski definition) is 9. The molecule has 0 atom stereocenters. The number of carbonyl (C=O) groups excluding carboxylic acids is 5. The van der Waals surface area contributed by atoms with Crippen LogP contribution in [0.4, 0.5) is 15.5 Å². The van der Waals surface area contributed by atoms with Crippen LogP contribution in [0, 0.1) is 6.92 Å². The van der Waals surface area contributed by atoms with Gasteiger partial charge in [-0.05, 0) is 87.2 Å². The summed E-state index contributed by atoms with van der Waals surface area (Å²) in [5.41, 5.74) is 3.05. The number of thioether (sulfide) groups is 1. The molecule has 0 radical (unpaired) electrons. The number of esters is 1. The number of fused-ring (bicyclic) bond motifs is 1. The Balaban J connectivity index is 1.26. The second kappa shape index (κ2) is 16.7. The van der Waals surface area contributed by atoms with E-state index in [1.165, 1.54) is 30.2 Å². The number of hydrogen-bond donors (Lipinski definition) is 3. The zero-order valence-corrected chi connectivity index (χ0v) is 31.2. The number of benzene rings is 3. The monoisotopic (exact) mass is 740 g/mol. The first-order chi connectivity index (χ1) is 24.8. The summed E-state index contributed by atoms with van der Waals surface area (Å²) in [5.74, 6) is -1.84. The lowest BCUT2D eigenvalue weighted by atomic mass is 10.0. The number of aryl methyl sites for hydroxylation is 1. The van der Waals surface area contributed by atoms with Crippen molar-refractivity contribution in [3.05, 3.63) is 117 Å². The third kappa shape index (κ3) is 9.89. The smallest absolute Gasteiger partial charge is 0.410 e. The highest BCUT2D eigenvalue weighted by molar-refractivity contribution is 8.00. The maximum absolute atomic E-state index is 13.6. The lowest BCUT2D eigenvalue weighted by Crippen LogP contribution is -2.39. The van der Waals surface area contributed by atoms with Crippen molar-refractivity contribution in [2.75, 3.05) is 30.0 Å². The average molecular weight is 741 g/mol. The summed E-state index contributed by atoms with van der Waals surface area (Å²) in [6, 6.07) is 23.2. The molecule has 52 heavy (non-hydrogen) atoms. The summed E-state index contributed by atoms with van der Waals surface area (Å²) in [7, 11) is 1.29. The van der Waals surface area contributed by atoms with Crippen LogP contribution in [0.25, 0.3) is 6.08 Å². The second-order valence-corrected chi connectivity index (χ2v) is 15.1. The second-order valence-electron chi connectivity index (χ2n) is 12.9. The summed E-state index contributed by atoms with van der Waals surface area (Å²) in [5, 5.41) is 8.84. The van der Waals surface area contributed by atoms with Crippen molar-refractivity contribution in [1.29, 1.82) is 0 Å². The summed E-state index contributed by atoms with van der Waals surface area (Å²) in [6.07, 6.45) is 1.60. The molecule has 13 heteroatoms. The van der Waals surface area contributed by atoms with E-state index >= 15 is 0 Å². The largest absolute Gasteiger partial charge is 0.465 e. The van der Waals surface area contributed by atoms with Crippen LogP contribution >= 0.6 is 23.1 Å². The number of carbonyl (C=O) groups is 5. The molecule has 3 N–H and O–H groups in total. The van der Waals surface area contributed by atoms with E-state index in [2.05, 4.69) is 16.0 Å². The van der Waals surface area contributed by atoms with Crippen LogP contribution in [0.3, 0.4) is 0 Å². The molecule has 0 fully saturated rings. The number of amides is 4. The topological polar surface area (TPSA) is 143 Å². The molecule has 4 aromatic rings. The standard InChI is InChI=1S/C39H40N4O7S2/c1-24-12-9-10-15-26(24)20-30(41-34(45)25-13-7-6-8-14-25)35(46)40-27-16-11-17-28(21-27)51-23-32(44)42-36-33(37(47)49-5)29-18-19-43(22-31(29)52-36)38(48)50-39(2,3)4/h6-17,20-21H,18-19,22-23H2,1-5H3,(H,40,46)(H,41,45)(H,42,44)/b30-20-. The first-order valence-corrected chi connectivity index (χ1v) is 18.3. The molecule has 0 aliphatic carbocycles. The van der Waals surface area contributed by atoms with Crippen molar-refractivity contribution in [3.63, 3.8) is 0 Å². The molecule has 1 aliphatic heterocycles. The Kier molecular flexibility index (Phi) is 12.2. The minimum absolute atomic E-state index is 0.0101. The number of nitrogens with one attached hydrogen (secondary N) is 3. The molecule has 0 unspecified atom stereocenters. The fraction of sp³-hybridized carbons (Fsp3) is 0.256. The minimum atomic E-state index is -0.645. The normalized spacial score (nSPS) is 12.7. The predicted molar refractivity (Wildman–Crippen MR) is 203 cm³/mol. The van der Waals surface area contributed by atoms with Crippen LogP contribution in [0.1, 0.15) is 63.1 Å². The average Bonchev–Trinajstić information content (AvgIpc) is 3.47. The Morgan fingerprint density at radius 1 is 0.942 bits per heavy atom. The van der Waals surface area contributed by atoms with Crippen LogP contribution in [-0.4, -0.2) is 59.7 Å². The fourth-order valence-electron chi connectivity index (χ4n) is 5.31. The Labute approximate surface area is 310 Å². The Bertz CT molecular complexity index is 2020. The van der Waals surface area contributed by atoms with Crippen LogP contribution in [0.5, 0.6) is 0 Å².